The fourth-order valence-electron chi connectivity index (χ4n) is 3.25. The molecule has 0 radical (unpaired) electrons. The highest BCUT2D eigenvalue weighted by molar-refractivity contribution is 5.88. The molecule has 30 heavy (non-hydrogen) atoms. The van der Waals surface area contributed by atoms with Gasteiger partial charge in [0.25, 0.3) is 0 Å². The number of benzene rings is 3. The summed E-state index contributed by atoms with van der Waals surface area (Å²) in [6, 6.07) is 19.9. The van der Waals surface area contributed by atoms with Gasteiger partial charge in [-0.1, -0.05) is 36.4 Å². The van der Waals surface area contributed by atoms with E-state index in [2.05, 4.69) is 0 Å². The molecule has 0 spiro atoms. The number of rotatable bonds is 7. The maximum atomic E-state index is 11.0. The lowest BCUT2D eigenvalue weighted by molar-refractivity contribution is -0.385. The second kappa shape index (κ2) is 8.16. The second-order valence-corrected chi connectivity index (χ2v) is 6.93. The molecule has 1 heterocycles. The highest BCUT2D eigenvalue weighted by Crippen LogP contribution is 2.32. The first-order valence-corrected chi connectivity index (χ1v) is 9.36. The molecule has 0 aliphatic rings. The predicted molar refractivity (Wildman–Crippen MR) is 113 cm³/mol. The maximum absolute atomic E-state index is 11.0. The van der Waals surface area contributed by atoms with E-state index < -0.39 is 4.92 Å². The van der Waals surface area contributed by atoms with Crippen LogP contribution < -0.4 is 9.47 Å². The number of aryl methyl sites for hydroxylation is 1. The van der Waals surface area contributed by atoms with E-state index in [0.29, 0.717) is 17.9 Å². The van der Waals surface area contributed by atoms with Crippen molar-refractivity contribution in [3.8, 4) is 17.2 Å². The quantitative estimate of drug-likeness (QED) is 0.348. The number of nitrogens with zero attached hydrogens (tertiary/aromatic N) is 2. The van der Waals surface area contributed by atoms with Crippen molar-refractivity contribution >= 4 is 16.6 Å². The summed E-state index contributed by atoms with van der Waals surface area (Å²) in [6.45, 7) is 0.599. The van der Waals surface area contributed by atoms with Crippen molar-refractivity contribution in [2.45, 2.75) is 13.2 Å². The molecule has 0 aliphatic carbocycles. The Morgan fingerprint density at radius 3 is 2.50 bits per heavy atom. The topological polar surface area (TPSA) is 86.8 Å². The highest BCUT2D eigenvalue weighted by Gasteiger charge is 2.15. The molecule has 3 aromatic carbocycles. The van der Waals surface area contributed by atoms with Crippen molar-refractivity contribution in [3.05, 3.63) is 94.2 Å². The lowest BCUT2D eigenvalue weighted by Crippen LogP contribution is -1.97. The van der Waals surface area contributed by atoms with Crippen LogP contribution in [-0.4, -0.2) is 14.6 Å². The van der Waals surface area contributed by atoms with E-state index >= 15 is 0 Å². The third-order valence-electron chi connectivity index (χ3n) is 4.80. The van der Waals surface area contributed by atoms with Crippen LogP contribution in [-0.2, 0) is 20.3 Å². The Labute approximate surface area is 172 Å². The molecule has 0 saturated heterocycles. The average molecular weight is 404 g/mol. The molecular formula is C23H20N2O5. The molecule has 0 unspecified atom stereocenters. The molecule has 7 nitrogen and oxygen atoms in total. The zero-order valence-electron chi connectivity index (χ0n) is 16.3. The van der Waals surface area contributed by atoms with Crippen molar-refractivity contribution in [2.75, 3.05) is 0 Å². The molecule has 0 fully saturated rings. The molecule has 0 atom stereocenters. The first kappa shape index (κ1) is 19.3. The van der Waals surface area contributed by atoms with E-state index in [1.54, 1.807) is 6.07 Å². The molecule has 0 bridgehead atoms. The van der Waals surface area contributed by atoms with Gasteiger partial charge in [0.1, 0.15) is 24.7 Å². The summed E-state index contributed by atoms with van der Waals surface area (Å²) in [4.78, 5) is 10.4. The summed E-state index contributed by atoms with van der Waals surface area (Å²) in [6.07, 6.45) is 1.86. The van der Waals surface area contributed by atoms with E-state index in [-0.39, 0.29) is 18.0 Å². The first-order valence-electron chi connectivity index (χ1n) is 9.36. The van der Waals surface area contributed by atoms with Gasteiger partial charge < -0.3 is 19.1 Å². The van der Waals surface area contributed by atoms with Crippen LogP contribution >= 0.6 is 0 Å². The number of nitro groups is 1. The van der Waals surface area contributed by atoms with Crippen molar-refractivity contribution in [3.63, 3.8) is 0 Å². The lowest BCUT2D eigenvalue weighted by Gasteiger charge is -2.08. The first-order chi connectivity index (χ1) is 14.5. The van der Waals surface area contributed by atoms with E-state index in [4.69, 9.17) is 9.47 Å². The smallest absolute Gasteiger partial charge is 0.311 e. The van der Waals surface area contributed by atoms with Crippen LogP contribution in [0.2, 0.25) is 0 Å². The Hall–Kier alpha value is -4.00. The van der Waals surface area contributed by atoms with Crippen LogP contribution in [0.3, 0.4) is 0 Å². The van der Waals surface area contributed by atoms with Gasteiger partial charge in [0.15, 0.2) is 5.75 Å². The van der Waals surface area contributed by atoms with E-state index in [9.17, 15) is 15.2 Å². The maximum Gasteiger partial charge on any atom is 0.311 e. The number of aromatic nitrogens is 1. The summed E-state index contributed by atoms with van der Waals surface area (Å²) >= 11 is 0. The molecule has 0 saturated carbocycles. The third kappa shape index (κ3) is 4.05. The summed E-state index contributed by atoms with van der Waals surface area (Å²) in [5.41, 5.74) is 2.31. The van der Waals surface area contributed by atoms with Gasteiger partial charge in [0.05, 0.1) is 10.4 Å². The normalized spacial score (nSPS) is 10.8. The van der Waals surface area contributed by atoms with Crippen molar-refractivity contribution in [1.82, 2.24) is 4.57 Å². The number of phenols is 1. The van der Waals surface area contributed by atoms with Crippen LogP contribution in [0.4, 0.5) is 5.69 Å². The highest BCUT2D eigenvalue weighted by atomic mass is 16.6. The Bertz CT molecular complexity index is 1200. The van der Waals surface area contributed by atoms with E-state index in [0.717, 1.165) is 22.2 Å². The minimum absolute atomic E-state index is 0.134. The summed E-state index contributed by atoms with van der Waals surface area (Å²) < 4.78 is 13.8. The van der Waals surface area contributed by atoms with Gasteiger partial charge in [-0.25, -0.2) is 0 Å². The van der Waals surface area contributed by atoms with Gasteiger partial charge in [-0.05, 0) is 35.4 Å². The molecule has 0 amide bonds. The zero-order valence-corrected chi connectivity index (χ0v) is 16.3. The van der Waals surface area contributed by atoms with Gasteiger partial charge in [-0.2, -0.15) is 0 Å². The number of aromatic hydroxyl groups is 1. The number of fused-ring (bicyclic) bond motifs is 1. The second-order valence-electron chi connectivity index (χ2n) is 6.93. The standard InChI is InChI=1S/C23H20N2O5/c1-24-13-23(30-15-17-7-10-22(26)21(11-17)25(27)28)19-12-18(8-9-20(19)24)29-14-16-5-3-2-4-6-16/h2-13,26H,14-15H2,1H3. The number of hydrogen-bond donors (Lipinski definition) is 1. The molecule has 4 rings (SSSR count). The monoisotopic (exact) mass is 404 g/mol. The Morgan fingerprint density at radius 2 is 1.73 bits per heavy atom. The van der Waals surface area contributed by atoms with Crippen molar-refractivity contribution < 1.29 is 19.5 Å². The third-order valence-corrected chi connectivity index (χ3v) is 4.80. The number of hydrogen-bond acceptors (Lipinski definition) is 5. The molecule has 0 aliphatic heterocycles. The van der Waals surface area contributed by atoms with Gasteiger partial charge in [0.2, 0.25) is 0 Å². The zero-order chi connectivity index (χ0) is 21.1. The minimum Gasteiger partial charge on any atom is -0.502 e. The Morgan fingerprint density at radius 1 is 0.967 bits per heavy atom. The molecule has 152 valence electrons. The number of phenolic OH excluding ortho intramolecular Hbond substituents is 1. The molecule has 1 N–H and O–H groups in total. The SMILES string of the molecule is Cn1cc(OCc2ccc(O)c([N+](=O)[O-])c2)c2cc(OCc3ccccc3)ccc21. The van der Waals surface area contributed by atoms with Crippen LogP contribution in [0.25, 0.3) is 10.9 Å². The lowest BCUT2D eigenvalue weighted by atomic mass is 10.2. The Kier molecular flexibility index (Phi) is 5.26. The molecule has 7 heteroatoms. The van der Waals surface area contributed by atoms with Gasteiger partial charge in [-0.15, -0.1) is 0 Å². The number of ether oxygens (including phenoxy) is 2. The van der Waals surface area contributed by atoms with E-state index in [1.807, 2.05) is 66.3 Å². The Balaban J connectivity index is 1.54. The summed E-state index contributed by atoms with van der Waals surface area (Å²) in [7, 11) is 1.92. The van der Waals surface area contributed by atoms with Crippen LogP contribution in [0, 0.1) is 10.1 Å². The fourth-order valence-corrected chi connectivity index (χ4v) is 3.25. The molecule has 4 aromatic rings. The van der Waals surface area contributed by atoms with E-state index in [1.165, 1.54) is 12.1 Å². The summed E-state index contributed by atoms with van der Waals surface area (Å²) in [5.74, 6) is 1.00. The van der Waals surface area contributed by atoms with Crippen LogP contribution in [0.1, 0.15) is 11.1 Å². The van der Waals surface area contributed by atoms with Gasteiger partial charge in [0, 0.05) is 24.7 Å². The fraction of sp³-hybridized carbons (Fsp3) is 0.130. The molecular weight excluding hydrogens is 384 g/mol. The van der Waals surface area contributed by atoms with Crippen LogP contribution in [0.5, 0.6) is 17.2 Å². The minimum atomic E-state index is -0.618. The average Bonchev–Trinajstić information content (AvgIpc) is 3.07. The largest absolute Gasteiger partial charge is 0.502 e. The van der Waals surface area contributed by atoms with Crippen molar-refractivity contribution in [1.29, 1.82) is 0 Å². The van der Waals surface area contributed by atoms with Gasteiger partial charge in [-0.3, -0.25) is 10.1 Å². The van der Waals surface area contributed by atoms with Crippen LogP contribution in [0.15, 0.2) is 72.9 Å². The van der Waals surface area contributed by atoms with Crippen molar-refractivity contribution in [2.24, 2.45) is 7.05 Å². The summed E-state index contributed by atoms with van der Waals surface area (Å²) in [5, 5.41) is 21.5. The predicted octanol–water partition coefficient (Wildman–Crippen LogP) is 4.95. The molecule has 1 aromatic heterocycles. The van der Waals surface area contributed by atoms with Gasteiger partial charge >= 0.3 is 5.69 Å². The number of nitro benzene ring substituents is 1.